The van der Waals surface area contributed by atoms with Crippen LogP contribution in [0.3, 0.4) is 0 Å². The quantitative estimate of drug-likeness (QED) is 0.622. The lowest BCUT2D eigenvalue weighted by atomic mass is 10.1. The Labute approximate surface area is 146 Å². The summed E-state index contributed by atoms with van der Waals surface area (Å²) in [6.45, 7) is 2.31. The summed E-state index contributed by atoms with van der Waals surface area (Å²) < 4.78 is 0. The van der Waals surface area contributed by atoms with Gasteiger partial charge >= 0.3 is 0 Å². The largest absolute Gasteiger partial charge is 0.386 e. The van der Waals surface area contributed by atoms with Crippen LogP contribution in [0.25, 0.3) is 0 Å². The van der Waals surface area contributed by atoms with E-state index in [1.54, 1.807) is 6.07 Å². The summed E-state index contributed by atoms with van der Waals surface area (Å²) in [6.07, 6.45) is 1.41. The summed E-state index contributed by atoms with van der Waals surface area (Å²) in [5, 5.41) is 15.6. The normalized spacial score (nSPS) is 12.1. The van der Waals surface area contributed by atoms with E-state index < -0.39 is 5.91 Å². The summed E-state index contributed by atoms with van der Waals surface area (Å²) in [6, 6.07) is 18.7. The second-order valence-electron chi connectivity index (χ2n) is 5.25. The van der Waals surface area contributed by atoms with E-state index in [2.05, 4.69) is 10.6 Å². The monoisotopic (exact) mass is 339 g/mol. The van der Waals surface area contributed by atoms with E-state index in [0.717, 1.165) is 11.1 Å². The van der Waals surface area contributed by atoms with Gasteiger partial charge in [0.05, 0.1) is 6.04 Å². The Hall–Kier alpha value is -2.77. The third-order valence-corrected chi connectivity index (χ3v) is 3.88. The van der Waals surface area contributed by atoms with Crippen LogP contribution in [-0.2, 0) is 11.3 Å². The van der Waals surface area contributed by atoms with Gasteiger partial charge in [0.2, 0.25) is 0 Å². The number of carbonyl (C=O) groups excluding carboxylic acids is 1. The molecule has 0 saturated carbocycles. The maximum Gasteiger partial charge on any atom is 0.263 e. The van der Waals surface area contributed by atoms with Gasteiger partial charge in [-0.05, 0) is 24.1 Å². The van der Waals surface area contributed by atoms with Crippen molar-refractivity contribution >= 4 is 17.5 Å². The smallest absolute Gasteiger partial charge is 0.263 e. The minimum atomic E-state index is -0.416. The fourth-order valence-electron chi connectivity index (χ4n) is 2.15. The van der Waals surface area contributed by atoms with Gasteiger partial charge in [-0.15, -0.1) is 0 Å². The molecule has 0 bridgehead atoms. The molecule has 0 spiro atoms. The third-order valence-electron chi connectivity index (χ3n) is 3.51. The number of nitrogens with zero attached hydrogens (tertiary/aromatic N) is 1. The molecule has 2 N–H and O–H groups in total. The molecule has 0 radical (unpaired) electrons. The summed E-state index contributed by atoms with van der Waals surface area (Å²) in [5.74, 6) is -0.416. The zero-order chi connectivity index (χ0) is 17.4. The number of amides is 1. The van der Waals surface area contributed by atoms with Crippen LogP contribution in [0.4, 0.5) is 0 Å². The minimum Gasteiger partial charge on any atom is -0.386 e. The number of halogens is 1. The molecule has 1 amide bonds. The van der Waals surface area contributed by atoms with Crippen molar-refractivity contribution in [1.29, 1.82) is 5.26 Å². The summed E-state index contributed by atoms with van der Waals surface area (Å²) in [7, 11) is 0. The van der Waals surface area contributed by atoms with Crippen molar-refractivity contribution in [1.82, 2.24) is 10.6 Å². The molecule has 2 rings (SSSR count). The van der Waals surface area contributed by atoms with Gasteiger partial charge in [0.25, 0.3) is 5.91 Å². The van der Waals surface area contributed by atoms with Gasteiger partial charge in [0, 0.05) is 17.8 Å². The van der Waals surface area contributed by atoms with Crippen molar-refractivity contribution in [3.05, 3.63) is 82.5 Å². The molecule has 2 aromatic carbocycles. The first kappa shape index (κ1) is 17.6. The van der Waals surface area contributed by atoms with Crippen LogP contribution in [0.15, 0.2) is 66.4 Å². The van der Waals surface area contributed by atoms with E-state index in [9.17, 15) is 10.1 Å². The number of carbonyl (C=O) groups is 1. The Bertz CT molecular complexity index is 766. The lowest BCUT2D eigenvalue weighted by Gasteiger charge is -2.13. The van der Waals surface area contributed by atoms with Gasteiger partial charge in [-0.3, -0.25) is 4.79 Å². The molecule has 1 unspecified atom stereocenters. The van der Waals surface area contributed by atoms with E-state index in [-0.39, 0.29) is 11.6 Å². The first-order valence-electron chi connectivity index (χ1n) is 7.54. The first-order valence-corrected chi connectivity index (χ1v) is 7.92. The van der Waals surface area contributed by atoms with E-state index in [1.807, 2.05) is 61.5 Å². The summed E-state index contributed by atoms with van der Waals surface area (Å²) >= 11 is 6.07. The second kappa shape index (κ2) is 8.76. The van der Waals surface area contributed by atoms with Crippen LogP contribution in [-0.4, -0.2) is 5.91 Å². The van der Waals surface area contributed by atoms with Crippen molar-refractivity contribution in [2.24, 2.45) is 0 Å². The van der Waals surface area contributed by atoms with Crippen molar-refractivity contribution in [3.63, 3.8) is 0 Å². The molecule has 0 saturated heterocycles. The molecule has 0 heterocycles. The Morgan fingerprint density at radius 3 is 2.54 bits per heavy atom. The van der Waals surface area contributed by atoms with E-state index >= 15 is 0 Å². The number of hydrogen-bond acceptors (Lipinski definition) is 3. The van der Waals surface area contributed by atoms with Crippen molar-refractivity contribution in [2.45, 2.75) is 19.5 Å². The standard InChI is InChI=1S/C19H18ClN3O/c1-14(15-7-3-2-4-8-15)23-19(24)17(11-21)13-22-12-16-9-5-6-10-18(16)20/h2-10,13-14,22H,12H2,1H3,(H,23,24)/b17-13-. The molecular weight excluding hydrogens is 322 g/mol. The molecule has 0 fully saturated rings. The van der Waals surface area contributed by atoms with Crippen LogP contribution < -0.4 is 10.6 Å². The molecule has 0 aliphatic rings. The second-order valence-corrected chi connectivity index (χ2v) is 5.66. The number of rotatable bonds is 6. The van der Waals surface area contributed by atoms with Gasteiger partial charge in [-0.25, -0.2) is 0 Å². The fraction of sp³-hybridized carbons (Fsp3) is 0.158. The average molecular weight is 340 g/mol. The van der Waals surface area contributed by atoms with Crippen LogP contribution in [0.5, 0.6) is 0 Å². The molecule has 2 aromatic rings. The molecule has 122 valence electrons. The highest BCUT2D eigenvalue weighted by molar-refractivity contribution is 6.31. The highest BCUT2D eigenvalue weighted by atomic mass is 35.5. The molecular formula is C19H18ClN3O. The van der Waals surface area contributed by atoms with Gasteiger partial charge in [0.1, 0.15) is 11.6 Å². The van der Waals surface area contributed by atoms with Crippen LogP contribution >= 0.6 is 11.6 Å². The Morgan fingerprint density at radius 1 is 1.21 bits per heavy atom. The van der Waals surface area contributed by atoms with Crippen LogP contribution in [0.2, 0.25) is 5.02 Å². The summed E-state index contributed by atoms with van der Waals surface area (Å²) in [5.41, 5.74) is 1.89. The summed E-state index contributed by atoms with van der Waals surface area (Å²) in [4.78, 5) is 12.2. The van der Waals surface area contributed by atoms with Gasteiger partial charge in [-0.1, -0.05) is 60.1 Å². The topological polar surface area (TPSA) is 64.9 Å². The van der Waals surface area contributed by atoms with Gasteiger partial charge in [-0.2, -0.15) is 5.26 Å². The molecule has 0 aliphatic carbocycles. The molecule has 24 heavy (non-hydrogen) atoms. The molecule has 0 aromatic heterocycles. The number of benzene rings is 2. The maximum absolute atomic E-state index is 12.2. The van der Waals surface area contributed by atoms with Crippen molar-refractivity contribution in [2.75, 3.05) is 0 Å². The zero-order valence-electron chi connectivity index (χ0n) is 13.3. The highest BCUT2D eigenvalue weighted by Crippen LogP contribution is 2.14. The SMILES string of the molecule is CC(NC(=O)/C(C#N)=C\NCc1ccccc1Cl)c1ccccc1. The number of nitriles is 1. The predicted molar refractivity (Wildman–Crippen MR) is 95.0 cm³/mol. The fourth-order valence-corrected chi connectivity index (χ4v) is 2.36. The van der Waals surface area contributed by atoms with E-state index in [4.69, 9.17) is 11.6 Å². The van der Waals surface area contributed by atoms with Gasteiger partial charge < -0.3 is 10.6 Å². The van der Waals surface area contributed by atoms with E-state index in [1.165, 1.54) is 6.20 Å². The number of nitrogens with one attached hydrogen (secondary N) is 2. The third kappa shape index (κ3) is 4.87. The average Bonchev–Trinajstić information content (AvgIpc) is 2.60. The predicted octanol–water partition coefficient (Wildman–Crippen LogP) is 3.71. The van der Waals surface area contributed by atoms with Crippen molar-refractivity contribution < 1.29 is 4.79 Å². The van der Waals surface area contributed by atoms with Crippen LogP contribution in [0.1, 0.15) is 24.1 Å². The molecule has 0 aliphatic heterocycles. The Kier molecular flexibility index (Phi) is 6.41. The molecule has 5 heteroatoms. The number of hydrogen-bond donors (Lipinski definition) is 2. The maximum atomic E-state index is 12.2. The first-order chi connectivity index (χ1) is 11.6. The lowest BCUT2D eigenvalue weighted by molar-refractivity contribution is -0.117. The van der Waals surface area contributed by atoms with Gasteiger partial charge in [0.15, 0.2) is 0 Å². The van der Waals surface area contributed by atoms with E-state index in [0.29, 0.717) is 11.6 Å². The van der Waals surface area contributed by atoms with Crippen molar-refractivity contribution in [3.8, 4) is 6.07 Å². The lowest BCUT2D eigenvalue weighted by Crippen LogP contribution is -2.28. The van der Waals surface area contributed by atoms with Crippen LogP contribution in [0, 0.1) is 11.3 Å². The minimum absolute atomic E-state index is 0.0184. The zero-order valence-corrected chi connectivity index (χ0v) is 14.0. The Morgan fingerprint density at radius 2 is 1.88 bits per heavy atom. The molecule has 4 nitrogen and oxygen atoms in total. The Balaban J connectivity index is 1.96. The molecule has 1 atom stereocenters. The highest BCUT2D eigenvalue weighted by Gasteiger charge is 2.13.